The molecule has 1 aliphatic rings. The Bertz CT molecular complexity index is 1200. The third-order valence-corrected chi connectivity index (χ3v) is 7.48. The van der Waals surface area contributed by atoms with Gasteiger partial charge in [-0.2, -0.15) is 0 Å². The standard InChI is InChI=1S/C30H32BrClN2O3/c1-21-11-13-23(14-12-21)19-34(29(35)20-37-28-16-15-24(31)18-26(28)32)27(17-22-7-3-2-4-8-22)30(36)33-25-9-5-6-10-25/h2-4,7-8,11-16,18,25,27H,5-6,9-10,17,19-20H2,1H3,(H,33,36)/t27-/m0/s1. The van der Waals surface area contributed by atoms with Crippen LogP contribution in [0.1, 0.15) is 42.4 Å². The smallest absolute Gasteiger partial charge is 0.261 e. The zero-order valence-electron chi connectivity index (χ0n) is 21.0. The fraction of sp³-hybridized carbons (Fsp3) is 0.333. The molecular formula is C30H32BrClN2O3. The lowest BCUT2D eigenvalue weighted by atomic mass is 10.0. The van der Waals surface area contributed by atoms with Crippen LogP contribution in [-0.4, -0.2) is 35.4 Å². The molecule has 194 valence electrons. The first-order chi connectivity index (χ1) is 17.9. The zero-order valence-corrected chi connectivity index (χ0v) is 23.3. The van der Waals surface area contributed by atoms with Crippen LogP contribution in [0.2, 0.25) is 5.02 Å². The molecule has 3 aromatic rings. The Morgan fingerprint density at radius 1 is 1.03 bits per heavy atom. The Morgan fingerprint density at radius 2 is 1.73 bits per heavy atom. The van der Waals surface area contributed by atoms with E-state index in [9.17, 15) is 9.59 Å². The van der Waals surface area contributed by atoms with Gasteiger partial charge in [-0.1, -0.05) is 101 Å². The molecule has 1 N–H and O–H groups in total. The van der Waals surface area contributed by atoms with Gasteiger partial charge in [0.25, 0.3) is 5.91 Å². The molecule has 1 atom stereocenters. The van der Waals surface area contributed by atoms with E-state index in [0.29, 0.717) is 23.7 Å². The highest BCUT2D eigenvalue weighted by molar-refractivity contribution is 9.10. The van der Waals surface area contributed by atoms with Crippen LogP contribution < -0.4 is 10.1 Å². The van der Waals surface area contributed by atoms with Crippen LogP contribution in [0.5, 0.6) is 5.75 Å². The number of aryl methyl sites for hydroxylation is 1. The summed E-state index contributed by atoms with van der Waals surface area (Å²) in [6.07, 6.45) is 4.59. The number of halogens is 2. The summed E-state index contributed by atoms with van der Waals surface area (Å²) in [6.45, 7) is 2.09. The molecule has 1 aliphatic carbocycles. The van der Waals surface area contributed by atoms with Crippen molar-refractivity contribution in [2.45, 2.75) is 57.7 Å². The van der Waals surface area contributed by atoms with Gasteiger partial charge < -0.3 is 15.0 Å². The number of hydrogen-bond acceptors (Lipinski definition) is 3. The first kappa shape index (κ1) is 27.2. The molecule has 0 radical (unpaired) electrons. The van der Waals surface area contributed by atoms with E-state index in [1.54, 1.807) is 17.0 Å². The fourth-order valence-corrected chi connectivity index (χ4v) is 5.35. The zero-order chi connectivity index (χ0) is 26.2. The lowest BCUT2D eigenvalue weighted by molar-refractivity contribution is -0.143. The van der Waals surface area contributed by atoms with Gasteiger partial charge in [-0.3, -0.25) is 9.59 Å². The van der Waals surface area contributed by atoms with Crippen LogP contribution in [0.15, 0.2) is 77.3 Å². The molecule has 37 heavy (non-hydrogen) atoms. The van der Waals surface area contributed by atoms with Gasteiger partial charge in [-0.25, -0.2) is 0 Å². The maximum atomic E-state index is 13.7. The van der Waals surface area contributed by atoms with Crippen LogP contribution in [0.3, 0.4) is 0 Å². The summed E-state index contributed by atoms with van der Waals surface area (Å²) in [5.41, 5.74) is 3.08. The minimum atomic E-state index is -0.680. The van der Waals surface area contributed by atoms with Crippen molar-refractivity contribution in [3.05, 3.63) is 99.0 Å². The summed E-state index contributed by atoms with van der Waals surface area (Å²) in [7, 11) is 0. The van der Waals surface area contributed by atoms with E-state index in [2.05, 4.69) is 21.2 Å². The highest BCUT2D eigenvalue weighted by Gasteiger charge is 2.32. The first-order valence-electron chi connectivity index (χ1n) is 12.7. The van der Waals surface area contributed by atoms with Crippen LogP contribution in [0.25, 0.3) is 0 Å². The highest BCUT2D eigenvalue weighted by atomic mass is 79.9. The number of hydrogen-bond donors (Lipinski definition) is 1. The Morgan fingerprint density at radius 3 is 2.41 bits per heavy atom. The van der Waals surface area contributed by atoms with Crippen LogP contribution >= 0.6 is 27.5 Å². The molecule has 2 amide bonds. The van der Waals surface area contributed by atoms with E-state index in [4.69, 9.17) is 16.3 Å². The van der Waals surface area contributed by atoms with Crippen molar-refractivity contribution in [1.82, 2.24) is 10.2 Å². The van der Waals surface area contributed by atoms with Crippen LogP contribution in [0.4, 0.5) is 0 Å². The van der Waals surface area contributed by atoms with Gasteiger partial charge >= 0.3 is 0 Å². The summed E-state index contributed by atoms with van der Waals surface area (Å²) in [6, 6.07) is 22.6. The van der Waals surface area contributed by atoms with E-state index in [1.807, 2.05) is 67.6 Å². The monoisotopic (exact) mass is 582 g/mol. The van der Waals surface area contributed by atoms with E-state index in [0.717, 1.165) is 46.8 Å². The molecule has 4 rings (SSSR count). The number of nitrogens with zero attached hydrogens (tertiary/aromatic N) is 1. The summed E-state index contributed by atoms with van der Waals surface area (Å²) in [5, 5.41) is 3.63. The molecule has 0 unspecified atom stereocenters. The maximum Gasteiger partial charge on any atom is 0.261 e. The van der Waals surface area contributed by atoms with Gasteiger partial charge in [-0.15, -0.1) is 0 Å². The molecule has 0 aromatic heterocycles. The molecule has 0 heterocycles. The molecular weight excluding hydrogens is 552 g/mol. The van der Waals surface area contributed by atoms with Crippen LogP contribution in [0, 0.1) is 6.92 Å². The second-order valence-electron chi connectivity index (χ2n) is 9.57. The topological polar surface area (TPSA) is 58.6 Å². The van der Waals surface area contributed by atoms with E-state index in [-0.39, 0.29) is 24.5 Å². The number of ether oxygens (including phenoxy) is 1. The SMILES string of the molecule is Cc1ccc(CN(C(=O)COc2ccc(Br)cc2Cl)[C@@H](Cc2ccccc2)C(=O)NC2CCCC2)cc1. The first-order valence-corrected chi connectivity index (χ1v) is 13.8. The maximum absolute atomic E-state index is 13.7. The van der Waals surface area contributed by atoms with Crippen molar-refractivity contribution < 1.29 is 14.3 Å². The number of nitrogens with one attached hydrogen (secondary N) is 1. The number of amides is 2. The van der Waals surface area contributed by atoms with Crippen molar-refractivity contribution in [3.8, 4) is 5.75 Å². The molecule has 0 bridgehead atoms. The Labute approximate surface area is 232 Å². The third kappa shape index (κ3) is 7.83. The molecule has 0 saturated heterocycles. The van der Waals surface area contributed by atoms with Gasteiger partial charge in [-0.05, 0) is 49.1 Å². The normalized spacial score (nSPS) is 14.2. The minimum Gasteiger partial charge on any atom is -0.482 e. The van der Waals surface area contributed by atoms with Gasteiger partial charge in [0.15, 0.2) is 6.61 Å². The number of carbonyl (C=O) groups is 2. The highest BCUT2D eigenvalue weighted by Crippen LogP contribution is 2.28. The van der Waals surface area contributed by atoms with E-state index in [1.165, 1.54) is 0 Å². The second kappa shape index (κ2) is 13.1. The number of rotatable bonds is 10. The molecule has 0 aliphatic heterocycles. The van der Waals surface area contributed by atoms with Crippen molar-refractivity contribution in [3.63, 3.8) is 0 Å². The Balaban J connectivity index is 1.61. The summed E-state index contributed by atoms with van der Waals surface area (Å²) in [4.78, 5) is 29.0. The molecule has 7 heteroatoms. The quantitative estimate of drug-likeness (QED) is 0.297. The lowest BCUT2D eigenvalue weighted by Crippen LogP contribution is -2.53. The van der Waals surface area contributed by atoms with Crippen molar-refractivity contribution in [2.75, 3.05) is 6.61 Å². The molecule has 5 nitrogen and oxygen atoms in total. The summed E-state index contributed by atoms with van der Waals surface area (Å²) in [5.74, 6) is 0.0171. The fourth-order valence-electron chi connectivity index (χ4n) is 4.63. The Kier molecular flexibility index (Phi) is 9.64. The number of carbonyl (C=O) groups excluding carboxylic acids is 2. The van der Waals surface area contributed by atoms with Gasteiger partial charge in [0.1, 0.15) is 11.8 Å². The van der Waals surface area contributed by atoms with Crippen LogP contribution in [-0.2, 0) is 22.6 Å². The molecule has 1 fully saturated rings. The second-order valence-corrected chi connectivity index (χ2v) is 10.9. The number of benzene rings is 3. The summed E-state index contributed by atoms with van der Waals surface area (Å²) < 4.78 is 6.65. The van der Waals surface area contributed by atoms with Crippen molar-refractivity contribution in [2.24, 2.45) is 0 Å². The molecule has 3 aromatic carbocycles. The molecule has 0 spiro atoms. The lowest BCUT2D eigenvalue weighted by Gasteiger charge is -2.32. The van der Waals surface area contributed by atoms with Gasteiger partial charge in [0, 0.05) is 23.5 Å². The largest absolute Gasteiger partial charge is 0.482 e. The molecule has 1 saturated carbocycles. The predicted octanol–water partition coefficient (Wildman–Crippen LogP) is 6.49. The minimum absolute atomic E-state index is 0.127. The van der Waals surface area contributed by atoms with Crippen molar-refractivity contribution >= 4 is 39.3 Å². The van der Waals surface area contributed by atoms with E-state index >= 15 is 0 Å². The van der Waals surface area contributed by atoms with E-state index < -0.39 is 6.04 Å². The average Bonchev–Trinajstić information content (AvgIpc) is 3.40. The average molecular weight is 584 g/mol. The summed E-state index contributed by atoms with van der Waals surface area (Å²) >= 11 is 9.69. The van der Waals surface area contributed by atoms with Gasteiger partial charge in [0.2, 0.25) is 5.91 Å². The Hall–Kier alpha value is -2.83. The predicted molar refractivity (Wildman–Crippen MR) is 151 cm³/mol. The third-order valence-electron chi connectivity index (χ3n) is 6.69. The van der Waals surface area contributed by atoms with Gasteiger partial charge in [0.05, 0.1) is 5.02 Å². The van der Waals surface area contributed by atoms with Crippen molar-refractivity contribution in [1.29, 1.82) is 0 Å².